The van der Waals surface area contributed by atoms with Gasteiger partial charge >= 0.3 is 0 Å². The Bertz CT molecular complexity index is 732. The van der Waals surface area contributed by atoms with Gasteiger partial charge in [-0.15, -0.1) is 0 Å². The zero-order valence-electron chi connectivity index (χ0n) is 16.7. The van der Waals surface area contributed by atoms with E-state index in [1.807, 2.05) is 0 Å². The zero-order valence-corrected chi connectivity index (χ0v) is 16.7. The molecular formula is C24H30N2O2. The van der Waals surface area contributed by atoms with Crippen LogP contribution in [-0.2, 0) is 14.9 Å². The summed E-state index contributed by atoms with van der Waals surface area (Å²) in [5, 5.41) is 0. The molecule has 2 aliphatic rings. The number of benzene rings is 2. The molecule has 2 aliphatic heterocycles. The first-order valence-corrected chi connectivity index (χ1v) is 10.4. The summed E-state index contributed by atoms with van der Waals surface area (Å²) in [7, 11) is 0. The van der Waals surface area contributed by atoms with Crippen molar-refractivity contribution in [3.05, 3.63) is 71.8 Å². The lowest BCUT2D eigenvalue weighted by molar-refractivity contribution is -0.136. The van der Waals surface area contributed by atoms with E-state index in [1.54, 1.807) is 0 Å². The summed E-state index contributed by atoms with van der Waals surface area (Å²) >= 11 is 0. The normalized spacial score (nSPS) is 21.5. The molecule has 4 nitrogen and oxygen atoms in total. The van der Waals surface area contributed by atoms with E-state index in [1.165, 1.54) is 11.1 Å². The smallest absolute Gasteiger partial charge is 0.222 e. The van der Waals surface area contributed by atoms with Crippen molar-refractivity contribution in [2.75, 3.05) is 39.4 Å². The zero-order chi connectivity index (χ0) is 19.4. The Morgan fingerprint density at radius 3 is 2.11 bits per heavy atom. The van der Waals surface area contributed by atoms with Crippen LogP contribution in [0.1, 0.15) is 30.9 Å². The molecule has 2 saturated heterocycles. The van der Waals surface area contributed by atoms with Crippen LogP contribution >= 0.6 is 0 Å². The van der Waals surface area contributed by atoms with E-state index >= 15 is 0 Å². The van der Waals surface area contributed by atoms with E-state index in [9.17, 15) is 4.79 Å². The fourth-order valence-corrected chi connectivity index (χ4v) is 4.74. The van der Waals surface area contributed by atoms with E-state index in [2.05, 4.69) is 77.4 Å². The highest BCUT2D eigenvalue weighted by molar-refractivity contribution is 5.78. The van der Waals surface area contributed by atoms with Crippen LogP contribution in [0.2, 0.25) is 0 Å². The van der Waals surface area contributed by atoms with Gasteiger partial charge in [0.1, 0.15) is 0 Å². The molecule has 0 radical (unpaired) electrons. The maximum absolute atomic E-state index is 12.8. The summed E-state index contributed by atoms with van der Waals surface area (Å²) in [4.78, 5) is 17.4. The van der Waals surface area contributed by atoms with Crippen LogP contribution in [0.5, 0.6) is 0 Å². The number of hydrogen-bond acceptors (Lipinski definition) is 3. The van der Waals surface area contributed by atoms with E-state index in [0.29, 0.717) is 12.5 Å². The van der Waals surface area contributed by atoms with Crippen LogP contribution in [0, 0.1) is 0 Å². The summed E-state index contributed by atoms with van der Waals surface area (Å²) in [5.74, 6) is 0.280. The Labute approximate surface area is 168 Å². The van der Waals surface area contributed by atoms with Gasteiger partial charge in [0.15, 0.2) is 0 Å². The predicted octanol–water partition coefficient (Wildman–Crippen LogP) is 3.32. The van der Waals surface area contributed by atoms with Gasteiger partial charge in [-0.1, -0.05) is 60.7 Å². The fraction of sp³-hybridized carbons (Fsp3) is 0.458. The maximum Gasteiger partial charge on any atom is 0.222 e. The molecule has 0 saturated carbocycles. The molecule has 2 aromatic rings. The van der Waals surface area contributed by atoms with Gasteiger partial charge < -0.3 is 9.64 Å². The average Bonchev–Trinajstić information content (AvgIpc) is 2.77. The topological polar surface area (TPSA) is 32.8 Å². The molecule has 0 N–H and O–H groups in total. The molecule has 4 heteroatoms. The average molecular weight is 379 g/mol. The highest BCUT2D eigenvalue weighted by atomic mass is 16.5. The lowest BCUT2D eigenvalue weighted by atomic mass is 9.69. The minimum absolute atomic E-state index is 0.138. The highest BCUT2D eigenvalue weighted by Gasteiger charge is 2.42. The quantitative estimate of drug-likeness (QED) is 0.800. The molecule has 0 unspecified atom stereocenters. The second-order valence-corrected chi connectivity index (χ2v) is 8.09. The van der Waals surface area contributed by atoms with Crippen LogP contribution < -0.4 is 0 Å². The van der Waals surface area contributed by atoms with Crippen molar-refractivity contribution in [2.45, 2.75) is 31.2 Å². The van der Waals surface area contributed by atoms with Crippen molar-refractivity contribution < 1.29 is 9.53 Å². The Hall–Kier alpha value is -2.17. The summed E-state index contributed by atoms with van der Waals surface area (Å²) in [6, 6.07) is 21.8. The molecule has 0 aliphatic carbocycles. The summed E-state index contributed by atoms with van der Waals surface area (Å²) in [6.07, 6.45) is 1.46. The number of morpholine rings is 1. The van der Waals surface area contributed by atoms with Gasteiger partial charge in [0.25, 0.3) is 0 Å². The Morgan fingerprint density at radius 1 is 0.964 bits per heavy atom. The molecule has 2 heterocycles. The van der Waals surface area contributed by atoms with Crippen molar-refractivity contribution in [3.63, 3.8) is 0 Å². The van der Waals surface area contributed by atoms with Gasteiger partial charge in [-0.3, -0.25) is 9.69 Å². The Kier molecular flexibility index (Phi) is 5.79. The second-order valence-electron chi connectivity index (χ2n) is 8.09. The van der Waals surface area contributed by atoms with Gasteiger partial charge in [0, 0.05) is 44.1 Å². The van der Waals surface area contributed by atoms with Crippen molar-refractivity contribution in [2.24, 2.45) is 0 Å². The van der Waals surface area contributed by atoms with E-state index in [0.717, 1.165) is 45.8 Å². The second kappa shape index (κ2) is 8.46. The van der Waals surface area contributed by atoms with Crippen LogP contribution in [0.15, 0.2) is 60.7 Å². The molecule has 148 valence electrons. The molecule has 0 spiro atoms. The number of hydrogen-bond donors (Lipinski definition) is 0. The monoisotopic (exact) mass is 378 g/mol. The Balaban J connectivity index is 1.61. The number of carbonyl (C=O) groups is 1. The number of ether oxygens (including phenoxy) is 1. The van der Waals surface area contributed by atoms with Crippen molar-refractivity contribution in [3.8, 4) is 0 Å². The standard InChI is InChI=1S/C24H30N2O2/c1-20(25-14-16-28-17-15-25)18-26-19-24(13-12-23(26)27,21-8-4-2-5-9-21)22-10-6-3-7-11-22/h2-11,20H,12-19H2,1H3/t20-/m1/s1. The lowest BCUT2D eigenvalue weighted by Gasteiger charge is -2.45. The fourth-order valence-electron chi connectivity index (χ4n) is 4.74. The SMILES string of the molecule is C[C@H](CN1CC(c2ccccc2)(c2ccccc2)CCC1=O)N1CCOCC1. The van der Waals surface area contributed by atoms with Gasteiger partial charge in [0.05, 0.1) is 13.2 Å². The molecule has 1 amide bonds. The molecule has 0 bridgehead atoms. The molecular weight excluding hydrogens is 348 g/mol. The summed E-state index contributed by atoms with van der Waals surface area (Å²) < 4.78 is 5.49. The third kappa shape index (κ3) is 3.85. The first kappa shape index (κ1) is 19.2. The van der Waals surface area contributed by atoms with E-state index in [4.69, 9.17) is 4.74 Å². The van der Waals surface area contributed by atoms with Gasteiger partial charge in [-0.2, -0.15) is 0 Å². The largest absolute Gasteiger partial charge is 0.379 e. The van der Waals surface area contributed by atoms with E-state index < -0.39 is 0 Å². The van der Waals surface area contributed by atoms with Crippen molar-refractivity contribution >= 4 is 5.91 Å². The highest BCUT2D eigenvalue weighted by Crippen LogP contribution is 2.40. The third-order valence-electron chi connectivity index (χ3n) is 6.39. The van der Waals surface area contributed by atoms with Crippen LogP contribution in [-0.4, -0.2) is 61.1 Å². The molecule has 4 rings (SSSR count). The molecule has 1 atom stereocenters. The number of carbonyl (C=O) groups excluding carboxylic acids is 1. The number of amides is 1. The van der Waals surface area contributed by atoms with Gasteiger partial charge in [-0.05, 0) is 24.5 Å². The molecule has 2 fully saturated rings. The van der Waals surface area contributed by atoms with Gasteiger partial charge in [0.2, 0.25) is 5.91 Å². The predicted molar refractivity (Wildman–Crippen MR) is 111 cm³/mol. The van der Waals surface area contributed by atoms with E-state index in [-0.39, 0.29) is 11.3 Å². The minimum Gasteiger partial charge on any atom is -0.379 e. The number of piperidine rings is 1. The molecule has 0 aromatic heterocycles. The first-order valence-electron chi connectivity index (χ1n) is 10.4. The van der Waals surface area contributed by atoms with Crippen molar-refractivity contribution in [1.82, 2.24) is 9.80 Å². The molecule has 28 heavy (non-hydrogen) atoms. The summed E-state index contributed by atoms with van der Waals surface area (Å²) in [6.45, 7) is 7.23. The van der Waals surface area contributed by atoms with Crippen molar-refractivity contribution in [1.29, 1.82) is 0 Å². The number of likely N-dealkylation sites (tertiary alicyclic amines) is 1. The maximum atomic E-state index is 12.8. The minimum atomic E-state index is -0.138. The number of nitrogens with zero attached hydrogens (tertiary/aromatic N) is 2. The number of rotatable bonds is 5. The van der Waals surface area contributed by atoms with Crippen LogP contribution in [0.4, 0.5) is 0 Å². The molecule has 2 aromatic carbocycles. The Morgan fingerprint density at radius 2 is 1.54 bits per heavy atom. The first-order chi connectivity index (χ1) is 13.7. The third-order valence-corrected chi connectivity index (χ3v) is 6.39. The lowest BCUT2D eigenvalue weighted by Crippen LogP contribution is -2.54. The van der Waals surface area contributed by atoms with Crippen LogP contribution in [0.3, 0.4) is 0 Å². The van der Waals surface area contributed by atoms with Crippen LogP contribution in [0.25, 0.3) is 0 Å². The summed E-state index contributed by atoms with van der Waals surface area (Å²) in [5.41, 5.74) is 2.47. The van der Waals surface area contributed by atoms with Gasteiger partial charge in [-0.25, -0.2) is 0 Å².